The Balaban J connectivity index is 1.32. The van der Waals surface area contributed by atoms with Gasteiger partial charge in [0.15, 0.2) is 0 Å². The standard InChI is InChI=1S/C28H24N4O2/c29-18-24-17-22(7-8-27(24)34-25-10-14-33-15-11-25)26-9-13-31-28(32-26)16-20-3-5-21(6-4-20)23-2-1-12-30-19-23/h1-9,12-13,17,19,25H,10-11,14-16H2. The maximum absolute atomic E-state index is 9.68. The van der Waals surface area contributed by atoms with Crippen molar-refractivity contribution in [3.05, 3.63) is 96.2 Å². The molecule has 34 heavy (non-hydrogen) atoms. The fourth-order valence-electron chi connectivity index (χ4n) is 4.03. The van der Waals surface area contributed by atoms with Crippen molar-refractivity contribution in [3.8, 4) is 34.2 Å². The minimum absolute atomic E-state index is 0.0851. The summed E-state index contributed by atoms with van der Waals surface area (Å²) in [6.07, 6.45) is 7.78. The molecule has 1 aliphatic rings. The van der Waals surface area contributed by atoms with Crippen molar-refractivity contribution in [1.29, 1.82) is 5.26 Å². The van der Waals surface area contributed by atoms with Crippen molar-refractivity contribution in [2.45, 2.75) is 25.4 Å². The van der Waals surface area contributed by atoms with Crippen molar-refractivity contribution in [3.63, 3.8) is 0 Å². The molecular formula is C28H24N4O2. The van der Waals surface area contributed by atoms with E-state index >= 15 is 0 Å². The quantitative estimate of drug-likeness (QED) is 0.402. The van der Waals surface area contributed by atoms with Crippen molar-refractivity contribution in [2.75, 3.05) is 13.2 Å². The van der Waals surface area contributed by atoms with Gasteiger partial charge in [0, 0.05) is 43.4 Å². The smallest absolute Gasteiger partial charge is 0.137 e. The Morgan fingerprint density at radius 2 is 1.76 bits per heavy atom. The zero-order valence-electron chi connectivity index (χ0n) is 18.7. The van der Waals surface area contributed by atoms with E-state index in [0.29, 0.717) is 30.9 Å². The van der Waals surface area contributed by atoms with Gasteiger partial charge in [0.25, 0.3) is 0 Å². The molecule has 0 unspecified atom stereocenters. The van der Waals surface area contributed by atoms with E-state index in [-0.39, 0.29) is 6.10 Å². The molecule has 3 heterocycles. The lowest BCUT2D eigenvalue weighted by atomic mass is 10.0. The van der Waals surface area contributed by atoms with Gasteiger partial charge < -0.3 is 9.47 Å². The van der Waals surface area contributed by atoms with Gasteiger partial charge in [0.1, 0.15) is 23.7 Å². The SMILES string of the molecule is N#Cc1cc(-c2ccnc(Cc3ccc(-c4cccnc4)cc3)n2)ccc1OC1CCOCC1. The Kier molecular flexibility index (Phi) is 6.55. The van der Waals surface area contributed by atoms with Crippen LogP contribution in [0.5, 0.6) is 5.75 Å². The monoisotopic (exact) mass is 448 g/mol. The lowest BCUT2D eigenvalue weighted by Crippen LogP contribution is -2.26. The van der Waals surface area contributed by atoms with Crippen LogP contribution in [0.2, 0.25) is 0 Å². The second-order valence-corrected chi connectivity index (χ2v) is 8.23. The van der Waals surface area contributed by atoms with Crippen LogP contribution in [-0.4, -0.2) is 34.3 Å². The summed E-state index contributed by atoms with van der Waals surface area (Å²) in [4.78, 5) is 13.4. The second kappa shape index (κ2) is 10.2. The number of nitriles is 1. The molecule has 6 nitrogen and oxygen atoms in total. The first-order valence-electron chi connectivity index (χ1n) is 11.4. The molecule has 2 aromatic carbocycles. The summed E-state index contributed by atoms with van der Waals surface area (Å²) in [5.41, 5.74) is 5.50. The summed E-state index contributed by atoms with van der Waals surface area (Å²) >= 11 is 0. The first-order valence-corrected chi connectivity index (χ1v) is 11.4. The van der Waals surface area contributed by atoms with E-state index in [9.17, 15) is 5.26 Å². The highest BCUT2D eigenvalue weighted by atomic mass is 16.5. The zero-order valence-corrected chi connectivity index (χ0v) is 18.7. The molecule has 0 atom stereocenters. The first-order chi connectivity index (χ1) is 16.8. The van der Waals surface area contributed by atoms with Crippen molar-refractivity contribution >= 4 is 0 Å². The molecular weight excluding hydrogens is 424 g/mol. The summed E-state index contributed by atoms with van der Waals surface area (Å²) in [7, 11) is 0. The summed E-state index contributed by atoms with van der Waals surface area (Å²) < 4.78 is 11.5. The Morgan fingerprint density at radius 3 is 2.53 bits per heavy atom. The highest BCUT2D eigenvalue weighted by molar-refractivity contribution is 5.64. The molecule has 1 saturated heterocycles. The molecule has 0 radical (unpaired) electrons. The molecule has 168 valence electrons. The van der Waals surface area contributed by atoms with Crippen LogP contribution in [0.1, 0.15) is 29.8 Å². The minimum atomic E-state index is 0.0851. The van der Waals surface area contributed by atoms with Crippen LogP contribution in [0.4, 0.5) is 0 Å². The fraction of sp³-hybridized carbons (Fsp3) is 0.214. The average molecular weight is 449 g/mol. The van der Waals surface area contributed by atoms with Crippen LogP contribution in [0.25, 0.3) is 22.4 Å². The highest BCUT2D eigenvalue weighted by Crippen LogP contribution is 2.28. The predicted octanol–water partition coefficient (Wildman–Crippen LogP) is 5.23. The van der Waals surface area contributed by atoms with E-state index in [1.165, 1.54) is 0 Å². The van der Waals surface area contributed by atoms with Gasteiger partial charge in [0.05, 0.1) is 24.5 Å². The largest absolute Gasteiger partial charge is 0.489 e. The maximum atomic E-state index is 9.68. The van der Waals surface area contributed by atoms with Crippen LogP contribution < -0.4 is 4.74 Å². The normalized spacial score (nSPS) is 13.9. The Hall–Kier alpha value is -4.08. The summed E-state index contributed by atoms with van der Waals surface area (Å²) in [6.45, 7) is 1.39. The van der Waals surface area contributed by atoms with E-state index < -0.39 is 0 Å². The van der Waals surface area contributed by atoms with Crippen LogP contribution in [-0.2, 0) is 11.2 Å². The van der Waals surface area contributed by atoms with Gasteiger partial charge in [-0.05, 0) is 47.0 Å². The lowest BCUT2D eigenvalue weighted by Gasteiger charge is -2.23. The predicted molar refractivity (Wildman–Crippen MR) is 129 cm³/mol. The molecule has 2 aromatic heterocycles. The summed E-state index contributed by atoms with van der Waals surface area (Å²) in [5.74, 6) is 1.34. The fourth-order valence-corrected chi connectivity index (χ4v) is 4.03. The van der Waals surface area contributed by atoms with Gasteiger partial charge in [-0.3, -0.25) is 4.98 Å². The third-order valence-corrected chi connectivity index (χ3v) is 5.87. The number of ether oxygens (including phenoxy) is 2. The highest BCUT2D eigenvalue weighted by Gasteiger charge is 2.17. The molecule has 5 rings (SSSR count). The molecule has 0 amide bonds. The van der Waals surface area contributed by atoms with E-state index in [1.54, 1.807) is 12.4 Å². The van der Waals surface area contributed by atoms with Crippen LogP contribution in [0, 0.1) is 11.3 Å². The summed E-state index contributed by atoms with van der Waals surface area (Å²) in [5, 5.41) is 9.68. The second-order valence-electron chi connectivity index (χ2n) is 8.23. The number of hydrogen-bond donors (Lipinski definition) is 0. The number of nitrogens with zero attached hydrogens (tertiary/aromatic N) is 4. The van der Waals surface area contributed by atoms with E-state index in [4.69, 9.17) is 14.5 Å². The van der Waals surface area contributed by atoms with Gasteiger partial charge in [-0.2, -0.15) is 5.26 Å². The molecule has 4 aromatic rings. The molecule has 1 fully saturated rings. The van der Waals surface area contributed by atoms with Gasteiger partial charge in [0.2, 0.25) is 0 Å². The molecule has 6 heteroatoms. The average Bonchev–Trinajstić information content (AvgIpc) is 2.91. The maximum Gasteiger partial charge on any atom is 0.137 e. The van der Waals surface area contributed by atoms with Gasteiger partial charge >= 0.3 is 0 Å². The van der Waals surface area contributed by atoms with Crippen molar-refractivity contribution in [2.24, 2.45) is 0 Å². The Morgan fingerprint density at radius 1 is 0.941 bits per heavy atom. The third-order valence-electron chi connectivity index (χ3n) is 5.87. The van der Waals surface area contributed by atoms with Crippen molar-refractivity contribution in [1.82, 2.24) is 15.0 Å². The van der Waals surface area contributed by atoms with Crippen LogP contribution >= 0.6 is 0 Å². The Bertz CT molecular complexity index is 1290. The molecule has 0 spiro atoms. The zero-order chi connectivity index (χ0) is 23.2. The number of rotatable bonds is 6. The lowest BCUT2D eigenvalue weighted by molar-refractivity contribution is 0.0254. The minimum Gasteiger partial charge on any atom is -0.489 e. The number of hydrogen-bond acceptors (Lipinski definition) is 6. The van der Waals surface area contributed by atoms with Crippen LogP contribution in [0.3, 0.4) is 0 Å². The van der Waals surface area contributed by atoms with Gasteiger partial charge in [-0.25, -0.2) is 9.97 Å². The van der Waals surface area contributed by atoms with Gasteiger partial charge in [-0.1, -0.05) is 30.3 Å². The number of aromatic nitrogens is 3. The summed E-state index contributed by atoms with van der Waals surface area (Å²) in [6, 6.07) is 22.1. The first kappa shape index (κ1) is 21.7. The molecule has 0 bridgehead atoms. The third kappa shape index (κ3) is 5.11. The number of pyridine rings is 1. The van der Waals surface area contributed by atoms with Crippen molar-refractivity contribution < 1.29 is 9.47 Å². The molecule has 0 saturated carbocycles. The van der Waals surface area contributed by atoms with E-state index in [0.717, 1.165) is 46.6 Å². The Labute approximate surface area is 198 Å². The molecule has 1 aliphatic heterocycles. The number of benzene rings is 2. The van der Waals surface area contributed by atoms with Gasteiger partial charge in [-0.15, -0.1) is 0 Å². The topological polar surface area (TPSA) is 80.9 Å². The molecule has 0 N–H and O–H groups in total. The van der Waals surface area contributed by atoms with Crippen LogP contribution in [0.15, 0.2) is 79.3 Å². The van der Waals surface area contributed by atoms with E-state index in [2.05, 4.69) is 40.3 Å². The molecule has 0 aliphatic carbocycles. The van der Waals surface area contributed by atoms with E-state index in [1.807, 2.05) is 42.6 Å².